The fourth-order valence-electron chi connectivity index (χ4n) is 2.76. The summed E-state index contributed by atoms with van der Waals surface area (Å²) in [5.41, 5.74) is 1.07. The van der Waals surface area contributed by atoms with E-state index >= 15 is 0 Å². The molecule has 2 rings (SSSR count). The van der Waals surface area contributed by atoms with Crippen LogP contribution in [0.25, 0.3) is 0 Å². The summed E-state index contributed by atoms with van der Waals surface area (Å²) < 4.78 is 0. The molecule has 4 heteroatoms. The van der Waals surface area contributed by atoms with Crippen LogP contribution in [0.3, 0.4) is 0 Å². The van der Waals surface area contributed by atoms with Crippen LogP contribution >= 0.6 is 11.6 Å². The predicted octanol–water partition coefficient (Wildman–Crippen LogP) is 3.66. The van der Waals surface area contributed by atoms with Crippen LogP contribution in [0.5, 0.6) is 0 Å². The molecule has 0 aromatic heterocycles. The van der Waals surface area contributed by atoms with Gasteiger partial charge in [-0.05, 0) is 30.5 Å². The molecular formula is C17H25ClN2O. The fourth-order valence-corrected chi connectivity index (χ4v) is 2.89. The zero-order chi connectivity index (χ0) is 14.9. The van der Waals surface area contributed by atoms with E-state index < -0.39 is 0 Å². The second kappa shape index (κ2) is 9.06. The molecule has 1 amide bonds. The van der Waals surface area contributed by atoms with Gasteiger partial charge in [0.2, 0.25) is 5.91 Å². The third-order valence-corrected chi connectivity index (χ3v) is 4.31. The highest BCUT2D eigenvalue weighted by Crippen LogP contribution is 2.16. The van der Waals surface area contributed by atoms with Crippen molar-refractivity contribution in [2.45, 2.75) is 57.5 Å². The molecule has 1 saturated carbocycles. The maximum absolute atomic E-state index is 11.9. The van der Waals surface area contributed by atoms with E-state index in [-0.39, 0.29) is 5.91 Å². The minimum absolute atomic E-state index is 0.0620. The van der Waals surface area contributed by atoms with Crippen molar-refractivity contribution in [3.8, 4) is 0 Å². The average molecular weight is 309 g/mol. The van der Waals surface area contributed by atoms with E-state index in [0.29, 0.717) is 19.1 Å². The molecule has 1 aromatic carbocycles. The van der Waals surface area contributed by atoms with Crippen LogP contribution in [0.2, 0.25) is 5.02 Å². The first-order chi connectivity index (χ1) is 10.2. The van der Waals surface area contributed by atoms with Crippen molar-refractivity contribution in [2.24, 2.45) is 0 Å². The summed E-state index contributed by atoms with van der Waals surface area (Å²) in [6.07, 6.45) is 9.00. The van der Waals surface area contributed by atoms with Crippen molar-refractivity contribution < 1.29 is 4.79 Å². The quantitative estimate of drug-likeness (QED) is 0.871. The standard InChI is InChI=1S/C17H25ClN2O/c18-15-10-8-14(9-11-15)12-20-17(21)13-19-16-6-4-2-1-3-5-7-16/h8-11,16,19H,1-7,12-13H2,(H,20,21). The number of nitrogens with one attached hydrogen (secondary N) is 2. The summed E-state index contributed by atoms with van der Waals surface area (Å²) in [6.45, 7) is 0.973. The van der Waals surface area contributed by atoms with Gasteiger partial charge in [0, 0.05) is 17.6 Å². The van der Waals surface area contributed by atoms with Gasteiger partial charge in [-0.1, -0.05) is 55.8 Å². The Labute approximate surface area is 132 Å². The summed E-state index contributed by atoms with van der Waals surface area (Å²) in [7, 11) is 0. The van der Waals surface area contributed by atoms with E-state index in [1.165, 1.54) is 44.9 Å². The third kappa shape index (κ3) is 6.49. The Morgan fingerprint density at radius 1 is 1.05 bits per heavy atom. The number of benzene rings is 1. The van der Waals surface area contributed by atoms with Crippen LogP contribution in [-0.2, 0) is 11.3 Å². The normalized spacial score (nSPS) is 17.0. The van der Waals surface area contributed by atoms with Gasteiger partial charge in [-0.2, -0.15) is 0 Å². The highest BCUT2D eigenvalue weighted by Gasteiger charge is 2.12. The van der Waals surface area contributed by atoms with E-state index in [1.54, 1.807) is 0 Å². The van der Waals surface area contributed by atoms with Crippen molar-refractivity contribution in [1.82, 2.24) is 10.6 Å². The number of carbonyl (C=O) groups is 1. The Bertz CT molecular complexity index is 425. The second-order valence-corrected chi connectivity index (χ2v) is 6.26. The number of rotatable bonds is 5. The van der Waals surface area contributed by atoms with Gasteiger partial charge in [0.25, 0.3) is 0 Å². The number of hydrogen-bond donors (Lipinski definition) is 2. The van der Waals surface area contributed by atoms with E-state index in [1.807, 2.05) is 24.3 Å². The molecule has 116 valence electrons. The Kier molecular flexibility index (Phi) is 7.04. The SMILES string of the molecule is O=C(CNC1CCCCCCC1)NCc1ccc(Cl)cc1. The molecule has 1 aliphatic rings. The minimum atomic E-state index is 0.0620. The molecule has 0 heterocycles. The Morgan fingerprint density at radius 2 is 1.67 bits per heavy atom. The molecule has 0 bridgehead atoms. The lowest BCUT2D eigenvalue weighted by atomic mass is 9.97. The van der Waals surface area contributed by atoms with Crippen molar-refractivity contribution in [3.63, 3.8) is 0 Å². The van der Waals surface area contributed by atoms with Gasteiger partial charge < -0.3 is 10.6 Å². The zero-order valence-corrected chi connectivity index (χ0v) is 13.3. The molecule has 0 aliphatic heterocycles. The molecule has 1 aliphatic carbocycles. The van der Waals surface area contributed by atoms with Gasteiger partial charge in [-0.25, -0.2) is 0 Å². The summed E-state index contributed by atoms with van der Waals surface area (Å²) >= 11 is 5.84. The molecule has 1 fully saturated rings. The minimum Gasteiger partial charge on any atom is -0.351 e. The summed E-state index contributed by atoms with van der Waals surface area (Å²) in [4.78, 5) is 11.9. The molecule has 21 heavy (non-hydrogen) atoms. The van der Waals surface area contributed by atoms with E-state index in [4.69, 9.17) is 11.6 Å². The zero-order valence-electron chi connectivity index (χ0n) is 12.5. The van der Waals surface area contributed by atoms with Gasteiger partial charge in [0.1, 0.15) is 0 Å². The molecule has 3 nitrogen and oxygen atoms in total. The van der Waals surface area contributed by atoms with Gasteiger partial charge >= 0.3 is 0 Å². The summed E-state index contributed by atoms with van der Waals surface area (Å²) in [5.74, 6) is 0.0620. The first kappa shape index (κ1) is 16.3. The van der Waals surface area contributed by atoms with Crippen molar-refractivity contribution in [3.05, 3.63) is 34.9 Å². The lowest BCUT2D eigenvalue weighted by Gasteiger charge is -2.20. The van der Waals surface area contributed by atoms with E-state index in [9.17, 15) is 4.79 Å². The lowest BCUT2D eigenvalue weighted by molar-refractivity contribution is -0.120. The number of carbonyl (C=O) groups excluding carboxylic acids is 1. The summed E-state index contributed by atoms with van der Waals surface area (Å²) in [6, 6.07) is 8.06. The topological polar surface area (TPSA) is 41.1 Å². The molecular weight excluding hydrogens is 284 g/mol. The Hall–Kier alpha value is -1.06. The maximum Gasteiger partial charge on any atom is 0.234 e. The molecule has 0 saturated heterocycles. The predicted molar refractivity (Wildman–Crippen MR) is 87.4 cm³/mol. The molecule has 2 N–H and O–H groups in total. The van der Waals surface area contributed by atoms with Crippen LogP contribution < -0.4 is 10.6 Å². The smallest absolute Gasteiger partial charge is 0.234 e. The highest BCUT2D eigenvalue weighted by atomic mass is 35.5. The maximum atomic E-state index is 11.9. The van der Waals surface area contributed by atoms with Crippen molar-refractivity contribution >= 4 is 17.5 Å². The third-order valence-electron chi connectivity index (χ3n) is 4.06. The van der Waals surface area contributed by atoms with E-state index in [2.05, 4.69) is 10.6 Å². The second-order valence-electron chi connectivity index (χ2n) is 5.83. The highest BCUT2D eigenvalue weighted by molar-refractivity contribution is 6.30. The molecule has 0 atom stereocenters. The van der Waals surface area contributed by atoms with Crippen LogP contribution in [-0.4, -0.2) is 18.5 Å². The average Bonchev–Trinajstić information content (AvgIpc) is 2.45. The summed E-state index contributed by atoms with van der Waals surface area (Å²) in [5, 5.41) is 7.06. The molecule has 1 aromatic rings. The molecule has 0 radical (unpaired) electrons. The number of halogens is 1. The lowest BCUT2D eigenvalue weighted by Crippen LogP contribution is -2.39. The largest absolute Gasteiger partial charge is 0.351 e. The van der Waals surface area contributed by atoms with Gasteiger partial charge in [0.05, 0.1) is 6.54 Å². The van der Waals surface area contributed by atoms with Gasteiger partial charge in [-0.3, -0.25) is 4.79 Å². The molecule has 0 unspecified atom stereocenters. The Morgan fingerprint density at radius 3 is 2.33 bits per heavy atom. The number of amides is 1. The first-order valence-electron chi connectivity index (χ1n) is 7.98. The number of hydrogen-bond acceptors (Lipinski definition) is 2. The van der Waals surface area contributed by atoms with Crippen LogP contribution in [0.15, 0.2) is 24.3 Å². The van der Waals surface area contributed by atoms with Gasteiger partial charge in [0.15, 0.2) is 0 Å². The first-order valence-corrected chi connectivity index (χ1v) is 8.36. The molecule has 0 spiro atoms. The van der Waals surface area contributed by atoms with Crippen LogP contribution in [0.4, 0.5) is 0 Å². The van der Waals surface area contributed by atoms with Crippen LogP contribution in [0.1, 0.15) is 50.5 Å². The Balaban J connectivity index is 1.65. The van der Waals surface area contributed by atoms with Crippen LogP contribution in [0, 0.1) is 0 Å². The monoisotopic (exact) mass is 308 g/mol. The van der Waals surface area contributed by atoms with Crippen molar-refractivity contribution in [1.29, 1.82) is 0 Å². The van der Waals surface area contributed by atoms with Crippen molar-refractivity contribution in [2.75, 3.05) is 6.54 Å². The van der Waals surface area contributed by atoms with Gasteiger partial charge in [-0.15, -0.1) is 0 Å². The van der Waals surface area contributed by atoms with E-state index in [0.717, 1.165) is 10.6 Å². The fraction of sp³-hybridized carbons (Fsp3) is 0.588.